The first kappa shape index (κ1) is 19.1. The van der Waals surface area contributed by atoms with Crippen LogP contribution in [0.4, 0.5) is 5.95 Å². The highest BCUT2D eigenvalue weighted by Crippen LogP contribution is 2.31. The first-order chi connectivity index (χ1) is 14.0. The Labute approximate surface area is 173 Å². The number of hydrogen-bond donors (Lipinski definition) is 1. The Morgan fingerprint density at radius 1 is 1.10 bits per heavy atom. The molecule has 1 N–H and O–H groups in total. The largest absolute Gasteiger partial charge is 0.357 e. The van der Waals surface area contributed by atoms with Crippen LogP contribution in [0.15, 0.2) is 53.5 Å². The van der Waals surface area contributed by atoms with E-state index in [4.69, 9.17) is 11.6 Å². The summed E-state index contributed by atoms with van der Waals surface area (Å²) in [5.41, 5.74) is 4.34. The molecule has 0 aliphatic carbocycles. The van der Waals surface area contributed by atoms with Gasteiger partial charge in [-0.2, -0.15) is 4.98 Å². The summed E-state index contributed by atoms with van der Waals surface area (Å²) in [6.07, 6.45) is 1.71. The molecule has 0 aliphatic rings. The van der Waals surface area contributed by atoms with Gasteiger partial charge in [0.05, 0.1) is 5.69 Å². The molecule has 0 bridgehead atoms. The van der Waals surface area contributed by atoms with Crippen molar-refractivity contribution in [2.75, 3.05) is 12.4 Å². The van der Waals surface area contributed by atoms with Gasteiger partial charge in [-0.1, -0.05) is 29.8 Å². The molecular formula is C22H20ClN5O. The molecule has 3 heterocycles. The van der Waals surface area contributed by atoms with Crippen LogP contribution in [0.3, 0.4) is 0 Å². The SMILES string of the molecule is CCn1c(=O)c(-c2ccc(-c3cccc(C)n3)cc2Cl)cc2cnc(NC)nc21. The van der Waals surface area contributed by atoms with Crippen LogP contribution in [0, 0.1) is 6.92 Å². The van der Waals surface area contributed by atoms with Gasteiger partial charge in [-0.3, -0.25) is 14.3 Å². The highest BCUT2D eigenvalue weighted by atomic mass is 35.5. The van der Waals surface area contributed by atoms with Gasteiger partial charge < -0.3 is 5.32 Å². The summed E-state index contributed by atoms with van der Waals surface area (Å²) in [4.78, 5) is 26.4. The number of fused-ring (bicyclic) bond motifs is 1. The number of rotatable bonds is 4. The predicted molar refractivity (Wildman–Crippen MR) is 117 cm³/mol. The number of nitrogens with zero attached hydrogens (tertiary/aromatic N) is 4. The molecule has 29 heavy (non-hydrogen) atoms. The lowest BCUT2D eigenvalue weighted by molar-refractivity contribution is 0.750. The van der Waals surface area contributed by atoms with Crippen molar-refractivity contribution in [1.29, 1.82) is 0 Å². The average molecular weight is 406 g/mol. The highest BCUT2D eigenvalue weighted by molar-refractivity contribution is 6.33. The number of anilines is 1. The lowest BCUT2D eigenvalue weighted by atomic mass is 10.0. The fraction of sp³-hybridized carbons (Fsp3) is 0.182. The second kappa shape index (κ2) is 7.64. The number of pyridine rings is 2. The summed E-state index contributed by atoms with van der Waals surface area (Å²) < 4.78 is 1.64. The summed E-state index contributed by atoms with van der Waals surface area (Å²) in [5, 5.41) is 4.18. The number of nitrogens with one attached hydrogen (secondary N) is 1. The maximum atomic E-state index is 13.2. The Morgan fingerprint density at radius 2 is 1.93 bits per heavy atom. The van der Waals surface area contributed by atoms with Gasteiger partial charge >= 0.3 is 0 Å². The molecule has 3 aromatic heterocycles. The van der Waals surface area contributed by atoms with Crippen molar-refractivity contribution in [3.8, 4) is 22.4 Å². The molecule has 4 aromatic rings. The van der Waals surface area contributed by atoms with Crippen molar-refractivity contribution in [3.05, 3.63) is 69.7 Å². The van der Waals surface area contributed by atoms with E-state index in [-0.39, 0.29) is 5.56 Å². The smallest absolute Gasteiger partial charge is 0.260 e. The zero-order valence-electron chi connectivity index (χ0n) is 16.4. The standard InChI is InChI=1S/C22H20ClN5O/c1-4-28-20-15(12-25-22(24-3)27-20)10-17(21(28)29)16-9-8-14(11-18(16)23)19-7-5-6-13(2)26-19/h5-12H,4H2,1-3H3,(H,24,25,27). The fourth-order valence-corrected chi connectivity index (χ4v) is 3.64. The molecule has 0 saturated heterocycles. The van der Waals surface area contributed by atoms with E-state index in [2.05, 4.69) is 20.3 Å². The van der Waals surface area contributed by atoms with Gasteiger partial charge in [-0.25, -0.2) is 4.98 Å². The molecule has 1 aromatic carbocycles. The number of hydrogen-bond acceptors (Lipinski definition) is 5. The van der Waals surface area contributed by atoms with Crippen LogP contribution in [-0.4, -0.2) is 26.6 Å². The third-order valence-corrected chi connectivity index (χ3v) is 5.12. The minimum atomic E-state index is -0.135. The van der Waals surface area contributed by atoms with E-state index >= 15 is 0 Å². The molecule has 7 heteroatoms. The van der Waals surface area contributed by atoms with Gasteiger partial charge in [0.25, 0.3) is 5.56 Å². The van der Waals surface area contributed by atoms with Crippen LogP contribution in [0.1, 0.15) is 12.6 Å². The maximum Gasteiger partial charge on any atom is 0.260 e. The minimum Gasteiger partial charge on any atom is -0.357 e. The van der Waals surface area contributed by atoms with Crippen molar-refractivity contribution < 1.29 is 0 Å². The van der Waals surface area contributed by atoms with E-state index in [0.29, 0.717) is 34.3 Å². The molecule has 0 atom stereocenters. The van der Waals surface area contributed by atoms with Gasteiger partial charge in [0.1, 0.15) is 5.65 Å². The minimum absolute atomic E-state index is 0.135. The molecule has 0 saturated carbocycles. The summed E-state index contributed by atoms with van der Waals surface area (Å²) in [6, 6.07) is 13.3. The average Bonchev–Trinajstić information content (AvgIpc) is 2.73. The van der Waals surface area contributed by atoms with Crippen molar-refractivity contribution in [3.63, 3.8) is 0 Å². The van der Waals surface area contributed by atoms with Gasteiger partial charge in [-0.15, -0.1) is 0 Å². The number of benzene rings is 1. The summed E-state index contributed by atoms with van der Waals surface area (Å²) in [5.74, 6) is 0.472. The summed E-state index contributed by atoms with van der Waals surface area (Å²) >= 11 is 6.60. The van der Waals surface area contributed by atoms with E-state index < -0.39 is 0 Å². The van der Waals surface area contributed by atoms with Crippen molar-refractivity contribution in [2.24, 2.45) is 0 Å². The van der Waals surface area contributed by atoms with Crippen molar-refractivity contribution in [1.82, 2.24) is 19.5 Å². The van der Waals surface area contributed by atoms with Crippen LogP contribution in [0.2, 0.25) is 5.02 Å². The summed E-state index contributed by atoms with van der Waals surface area (Å²) in [7, 11) is 1.74. The molecule has 0 fully saturated rings. The molecule has 0 aliphatic heterocycles. The monoisotopic (exact) mass is 405 g/mol. The summed E-state index contributed by atoms with van der Waals surface area (Å²) in [6.45, 7) is 4.36. The van der Waals surface area contributed by atoms with Crippen LogP contribution in [0.5, 0.6) is 0 Å². The molecule has 6 nitrogen and oxygen atoms in total. The molecule has 0 radical (unpaired) electrons. The van der Waals surface area contributed by atoms with E-state index in [1.165, 1.54) is 0 Å². The normalized spacial score (nSPS) is 11.0. The molecule has 4 rings (SSSR count). The van der Waals surface area contributed by atoms with E-state index in [1.54, 1.807) is 23.9 Å². The zero-order valence-corrected chi connectivity index (χ0v) is 17.2. The van der Waals surface area contributed by atoms with Crippen molar-refractivity contribution >= 4 is 28.6 Å². The third kappa shape index (κ3) is 3.47. The van der Waals surface area contributed by atoms with Crippen LogP contribution < -0.4 is 10.9 Å². The van der Waals surface area contributed by atoms with E-state index in [1.807, 2.05) is 50.2 Å². The van der Waals surface area contributed by atoms with Crippen LogP contribution in [-0.2, 0) is 6.54 Å². The lowest BCUT2D eigenvalue weighted by Gasteiger charge is -2.13. The number of halogens is 1. The number of aromatic nitrogens is 4. The van der Waals surface area contributed by atoms with Gasteiger partial charge in [0, 0.05) is 52.6 Å². The Morgan fingerprint density at radius 3 is 2.62 bits per heavy atom. The van der Waals surface area contributed by atoms with Gasteiger partial charge in [0.2, 0.25) is 5.95 Å². The topological polar surface area (TPSA) is 72.7 Å². The number of aryl methyl sites for hydroxylation is 2. The van der Waals surface area contributed by atoms with E-state index in [0.717, 1.165) is 22.3 Å². The van der Waals surface area contributed by atoms with Crippen molar-refractivity contribution in [2.45, 2.75) is 20.4 Å². The lowest BCUT2D eigenvalue weighted by Crippen LogP contribution is -2.22. The molecule has 0 amide bonds. The molecule has 0 spiro atoms. The third-order valence-electron chi connectivity index (χ3n) is 4.81. The molecular weight excluding hydrogens is 386 g/mol. The van der Waals surface area contributed by atoms with Crippen LogP contribution >= 0.6 is 11.6 Å². The Balaban J connectivity index is 1.88. The Kier molecular flexibility index (Phi) is 5.03. The zero-order chi connectivity index (χ0) is 20.5. The maximum absolute atomic E-state index is 13.2. The second-order valence-corrected chi connectivity index (χ2v) is 7.10. The first-order valence-corrected chi connectivity index (χ1v) is 9.72. The van der Waals surface area contributed by atoms with Gasteiger partial charge in [0.15, 0.2) is 0 Å². The van der Waals surface area contributed by atoms with Crippen LogP contribution in [0.25, 0.3) is 33.4 Å². The first-order valence-electron chi connectivity index (χ1n) is 9.34. The van der Waals surface area contributed by atoms with E-state index in [9.17, 15) is 4.79 Å². The van der Waals surface area contributed by atoms with Gasteiger partial charge in [-0.05, 0) is 38.1 Å². The molecule has 0 unspecified atom stereocenters. The highest BCUT2D eigenvalue weighted by Gasteiger charge is 2.15. The predicted octanol–water partition coefficient (Wildman–Crippen LogP) is 4.54. The Hall–Kier alpha value is -3.25. The Bertz CT molecular complexity index is 1280. The fourth-order valence-electron chi connectivity index (χ4n) is 3.36. The second-order valence-electron chi connectivity index (χ2n) is 6.69. The quantitative estimate of drug-likeness (QED) is 0.539. The molecule has 146 valence electrons.